The van der Waals surface area contributed by atoms with Crippen molar-refractivity contribution in [1.82, 2.24) is 19.5 Å². The van der Waals surface area contributed by atoms with Crippen molar-refractivity contribution in [2.75, 3.05) is 0 Å². The van der Waals surface area contributed by atoms with Gasteiger partial charge in [0.2, 0.25) is 0 Å². The topological polar surface area (TPSA) is 69.9 Å². The normalized spacial score (nSPS) is 12.2. The number of aromatic nitrogens is 4. The molecule has 0 radical (unpaired) electrons. The Hall–Kier alpha value is -2.76. The van der Waals surface area contributed by atoms with E-state index in [1.807, 2.05) is 13.0 Å². The van der Waals surface area contributed by atoms with Gasteiger partial charge in [0.05, 0.1) is 30.0 Å². The highest BCUT2D eigenvalue weighted by atomic mass is 16.5. The Bertz CT molecular complexity index is 801. The second-order valence-electron chi connectivity index (χ2n) is 4.71. The first-order valence-electron chi connectivity index (χ1n) is 6.60. The fourth-order valence-corrected chi connectivity index (χ4v) is 2.10. The summed E-state index contributed by atoms with van der Waals surface area (Å²) in [5.41, 5.74) is 0.529. The van der Waals surface area contributed by atoms with Gasteiger partial charge in [-0.15, -0.1) is 0 Å². The lowest BCUT2D eigenvalue weighted by atomic mass is 10.3. The lowest BCUT2D eigenvalue weighted by Crippen LogP contribution is -2.28. The predicted molar refractivity (Wildman–Crippen MR) is 78.1 cm³/mol. The van der Waals surface area contributed by atoms with Gasteiger partial charge >= 0.3 is 0 Å². The van der Waals surface area contributed by atoms with Crippen LogP contribution >= 0.6 is 0 Å². The lowest BCUT2D eigenvalue weighted by Gasteiger charge is -2.15. The Labute approximate surface area is 121 Å². The number of hydrogen-bond acceptors (Lipinski definition) is 5. The van der Waals surface area contributed by atoms with Gasteiger partial charge in [-0.3, -0.25) is 19.3 Å². The highest BCUT2D eigenvalue weighted by molar-refractivity contribution is 5.75. The predicted octanol–water partition coefficient (Wildman–Crippen LogP) is 1.65. The quantitative estimate of drug-likeness (QED) is 0.727. The third kappa shape index (κ3) is 2.89. The monoisotopic (exact) mass is 282 g/mol. The number of fused-ring (bicyclic) bond motifs is 1. The molecule has 0 amide bonds. The van der Waals surface area contributed by atoms with Gasteiger partial charge in [0.1, 0.15) is 11.9 Å². The maximum absolute atomic E-state index is 12.3. The van der Waals surface area contributed by atoms with E-state index in [1.54, 1.807) is 30.7 Å². The highest BCUT2D eigenvalue weighted by Gasteiger charge is 2.09. The first-order valence-corrected chi connectivity index (χ1v) is 6.60. The van der Waals surface area contributed by atoms with Gasteiger partial charge in [-0.1, -0.05) is 0 Å². The molecule has 0 saturated heterocycles. The van der Waals surface area contributed by atoms with Crippen LogP contribution in [0.1, 0.15) is 6.92 Å². The number of rotatable bonds is 4. The van der Waals surface area contributed by atoms with Crippen LogP contribution in [0.4, 0.5) is 0 Å². The summed E-state index contributed by atoms with van der Waals surface area (Å²) in [6, 6.07) is 5.35. The Morgan fingerprint density at radius 3 is 2.90 bits per heavy atom. The van der Waals surface area contributed by atoms with Gasteiger partial charge in [0.25, 0.3) is 5.56 Å². The van der Waals surface area contributed by atoms with Gasteiger partial charge in [0.15, 0.2) is 0 Å². The van der Waals surface area contributed by atoms with E-state index >= 15 is 0 Å². The van der Waals surface area contributed by atoms with E-state index in [2.05, 4.69) is 15.0 Å². The smallest absolute Gasteiger partial charge is 0.262 e. The third-order valence-corrected chi connectivity index (χ3v) is 3.05. The molecule has 0 fully saturated rings. The minimum absolute atomic E-state index is 0.116. The van der Waals surface area contributed by atoms with E-state index in [0.717, 1.165) is 0 Å². The molecular formula is C15H14N4O2. The maximum Gasteiger partial charge on any atom is 0.262 e. The van der Waals surface area contributed by atoms with Crippen LogP contribution in [0.2, 0.25) is 0 Å². The summed E-state index contributed by atoms with van der Waals surface area (Å²) in [6.07, 6.45) is 7.83. The molecule has 3 aromatic heterocycles. The molecule has 21 heavy (non-hydrogen) atoms. The summed E-state index contributed by atoms with van der Waals surface area (Å²) in [5, 5.41) is 0.508. The molecule has 0 saturated carbocycles. The van der Waals surface area contributed by atoms with Crippen molar-refractivity contribution in [2.24, 2.45) is 0 Å². The summed E-state index contributed by atoms with van der Waals surface area (Å²) in [6.45, 7) is 2.30. The zero-order chi connectivity index (χ0) is 14.7. The third-order valence-electron chi connectivity index (χ3n) is 3.05. The Morgan fingerprint density at radius 2 is 2.10 bits per heavy atom. The number of pyridine rings is 2. The molecule has 0 aromatic carbocycles. The van der Waals surface area contributed by atoms with Crippen LogP contribution < -0.4 is 10.3 Å². The molecule has 3 heterocycles. The van der Waals surface area contributed by atoms with Crippen LogP contribution in [0, 0.1) is 0 Å². The van der Waals surface area contributed by atoms with E-state index in [-0.39, 0.29) is 11.7 Å². The fourth-order valence-electron chi connectivity index (χ4n) is 2.10. The molecule has 1 atom stereocenters. The molecule has 106 valence electrons. The first-order chi connectivity index (χ1) is 10.2. The largest absolute Gasteiger partial charge is 0.487 e. The summed E-state index contributed by atoms with van der Waals surface area (Å²) in [4.78, 5) is 24.5. The van der Waals surface area contributed by atoms with Crippen LogP contribution in [-0.2, 0) is 6.54 Å². The van der Waals surface area contributed by atoms with Gasteiger partial charge in [0, 0.05) is 18.6 Å². The van der Waals surface area contributed by atoms with E-state index in [1.165, 1.54) is 17.1 Å². The molecule has 3 aromatic rings. The average molecular weight is 282 g/mol. The Kier molecular flexibility index (Phi) is 3.59. The van der Waals surface area contributed by atoms with Crippen LogP contribution in [0.3, 0.4) is 0 Å². The second-order valence-corrected chi connectivity index (χ2v) is 4.71. The highest BCUT2D eigenvalue weighted by Crippen LogP contribution is 2.10. The molecule has 3 rings (SSSR count). The van der Waals surface area contributed by atoms with Crippen molar-refractivity contribution >= 4 is 10.9 Å². The first kappa shape index (κ1) is 13.2. The van der Waals surface area contributed by atoms with E-state index in [9.17, 15) is 4.79 Å². The zero-order valence-electron chi connectivity index (χ0n) is 11.5. The molecule has 0 aliphatic rings. The Morgan fingerprint density at radius 1 is 1.24 bits per heavy atom. The molecule has 6 nitrogen and oxygen atoms in total. The van der Waals surface area contributed by atoms with Crippen LogP contribution in [-0.4, -0.2) is 25.6 Å². The zero-order valence-corrected chi connectivity index (χ0v) is 11.5. The van der Waals surface area contributed by atoms with E-state index in [0.29, 0.717) is 23.2 Å². The lowest BCUT2D eigenvalue weighted by molar-refractivity contribution is 0.197. The molecule has 0 spiro atoms. The molecule has 0 bridgehead atoms. The van der Waals surface area contributed by atoms with Crippen molar-refractivity contribution in [2.45, 2.75) is 19.6 Å². The number of nitrogens with zero attached hydrogens (tertiary/aromatic N) is 4. The number of ether oxygens (including phenoxy) is 1. The van der Waals surface area contributed by atoms with Crippen LogP contribution in [0.15, 0.2) is 54.1 Å². The van der Waals surface area contributed by atoms with Gasteiger partial charge in [-0.25, -0.2) is 4.98 Å². The fraction of sp³-hybridized carbons (Fsp3) is 0.200. The van der Waals surface area contributed by atoms with Gasteiger partial charge in [-0.05, 0) is 25.1 Å². The molecule has 6 heteroatoms. The molecule has 0 unspecified atom stereocenters. The maximum atomic E-state index is 12.3. The van der Waals surface area contributed by atoms with Gasteiger partial charge in [-0.2, -0.15) is 0 Å². The minimum atomic E-state index is -0.178. The minimum Gasteiger partial charge on any atom is -0.487 e. The van der Waals surface area contributed by atoms with Gasteiger partial charge < -0.3 is 4.74 Å². The van der Waals surface area contributed by atoms with Crippen molar-refractivity contribution in [3.05, 3.63) is 59.7 Å². The summed E-state index contributed by atoms with van der Waals surface area (Å²) in [5.74, 6) is 0.675. The summed E-state index contributed by atoms with van der Waals surface area (Å²) < 4.78 is 7.25. The second kappa shape index (κ2) is 5.70. The van der Waals surface area contributed by atoms with E-state index in [4.69, 9.17) is 4.74 Å². The Balaban J connectivity index is 1.82. The van der Waals surface area contributed by atoms with Crippen molar-refractivity contribution < 1.29 is 4.74 Å². The van der Waals surface area contributed by atoms with Crippen molar-refractivity contribution in [3.63, 3.8) is 0 Å². The van der Waals surface area contributed by atoms with Crippen LogP contribution in [0.5, 0.6) is 5.75 Å². The van der Waals surface area contributed by atoms with Crippen molar-refractivity contribution in [3.8, 4) is 5.75 Å². The molecule has 0 aliphatic heterocycles. The standard InChI is InChI=1S/C15H14N4O2/c1-11(21-12-3-2-5-16-7-12)9-19-10-18-14-4-6-17-8-13(14)15(19)20/h2-8,10-11H,9H2,1H3/t11-/m0/s1. The number of hydrogen-bond donors (Lipinski definition) is 0. The van der Waals surface area contributed by atoms with Crippen molar-refractivity contribution in [1.29, 1.82) is 0 Å². The van der Waals surface area contributed by atoms with E-state index < -0.39 is 0 Å². The molecule has 0 aliphatic carbocycles. The SMILES string of the molecule is C[C@@H](Cn1cnc2ccncc2c1=O)Oc1cccnc1. The summed E-state index contributed by atoms with van der Waals surface area (Å²) in [7, 11) is 0. The molecular weight excluding hydrogens is 268 g/mol. The summed E-state index contributed by atoms with van der Waals surface area (Å²) >= 11 is 0. The van der Waals surface area contributed by atoms with Crippen LogP contribution in [0.25, 0.3) is 10.9 Å². The average Bonchev–Trinajstić information content (AvgIpc) is 2.51. The molecule has 0 N–H and O–H groups in total.